The van der Waals surface area contributed by atoms with Crippen molar-refractivity contribution in [2.75, 3.05) is 33.2 Å². The third kappa shape index (κ3) is 9.47. The molecule has 1 aromatic rings. The van der Waals surface area contributed by atoms with Crippen molar-refractivity contribution in [3.8, 4) is 0 Å². The number of hydrogen-bond donors (Lipinski definition) is 3. The highest BCUT2D eigenvalue weighted by molar-refractivity contribution is 14.0. The number of nitrogens with zero attached hydrogens (tertiary/aromatic N) is 2. The lowest BCUT2D eigenvalue weighted by molar-refractivity contribution is -0.127. The first-order chi connectivity index (χ1) is 13.5. The molecule has 1 saturated heterocycles. The molecule has 7 nitrogen and oxygen atoms in total. The van der Waals surface area contributed by atoms with Crippen LogP contribution in [-0.2, 0) is 16.0 Å². The van der Waals surface area contributed by atoms with Crippen LogP contribution < -0.4 is 16.0 Å². The van der Waals surface area contributed by atoms with Gasteiger partial charge in [0.1, 0.15) is 0 Å². The van der Waals surface area contributed by atoms with Gasteiger partial charge < -0.3 is 20.9 Å². The molecule has 1 heterocycles. The summed E-state index contributed by atoms with van der Waals surface area (Å²) in [4.78, 5) is 30.1. The lowest BCUT2D eigenvalue weighted by Crippen LogP contribution is -2.42. The number of guanidine groups is 1. The molecule has 8 heteroatoms. The zero-order valence-corrected chi connectivity index (χ0v) is 19.9. The van der Waals surface area contributed by atoms with Gasteiger partial charge in [-0.3, -0.25) is 14.6 Å². The predicted molar refractivity (Wildman–Crippen MR) is 128 cm³/mol. The number of carbonyl (C=O) groups is 2. The molecule has 1 atom stereocenters. The average Bonchev–Trinajstić information content (AvgIpc) is 3.02. The number of carbonyl (C=O) groups excluding carboxylic acids is 2. The van der Waals surface area contributed by atoms with Gasteiger partial charge in [-0.05, 0) is 25.8 Å². The van der Waals surface area contributed by atoms with Gasteiger partial charge in [-0.25, -0.2) is 0 Å². The number of halogens is 1. The third-order valence-electron chi connectivity index (χ3n) is 4.68. The van der Waals surface area contributed by atoms with E-state index in [9.17, 15) is 9.59 Å². The Bertz CT molecular complexity index is 666. The Morgan fingerprint density at radius 3 is 2.62 bits per heavy atom. The van der Waals surface area contributed by atoms with Gasteiger partial charge in [0.15, 0.2) is 5.96 Å². The zero-order chi connectivity index (χ0) is 20.4. The van der Waals surface area contributed by atoms with Crippen molar-refractivity contribution in [3.63, 3.8) is 0 Å². The van der Waals surface area contributed by atoms with Gasteiger partial charge in [0.25, 0.3) is 0 Å². The van der Waals surface area contributed by atoms with Crippen molar-refractivity contribution < 1.29 is 9.59 Å². The molecule has 3 N–H and O–H groups in total. The van der Waals surface area contributed by atoms with Crippen molar-refractivity contribution in [1.29, 1.82) is 0 Å². The Morgan fingerprint density at radius 2 is 1.97 bits per heavy atom. The van der Waals surface area contributed by atoms with Crippen LogP contribution in [0.1, 0.15) is 32.3 Å². The first kappa shape index (κ1) is 25.2. The smallest absolute Gasteiger partial charge is 0.223 e. The Morgan fingerprint density at radius 1 is 1.24 bits per heavy atom. The van der Waals surface area contributed by atoms with Crippen molar-refractivity contribution in [3.05, 3.63) is 35.9 Å². The minimum absolute atomic E-state index is 0. The van der Waals surface area contributed by atoms with Gasteiger partial charge in [-0.15, -0.1) is 24.0 Å². The van der Waals surface area contributed by atoms with Gasteiger partial charge in [-0.2, -0.15) is 0 Å². The number of amides is 2. The van der Waals surface area contributed by atoms with Crippen molar-refractivity contribution >= 4 is 41.8 Å². The Kier molecular flexibility index (Phi) is 11.6. The van der Waals surface area contributed by atoms with Crippen LogP contribution in [0.2, 0.25) is 0 Å². The molecule has 0 aromatic heterocycles. The summed E-state index contributed by atoms with van der Waals surface area (Å²) in [7, 11) is 1.70. The minimum Gasteiger partial charge on any atom is -0.356 e. The standard InChI is InChI=1S/C21H33N5O2.HI/c1-16(2)25-19(27)9-11-23-21(22-3)24-14-18-13-20(28)26(15-18)12-10-17-7-5-4-6-8-17;/h4-8,16,18H,9-15H2,1-3H3,(H,25,27)(H2,22,23,24);1H. The molecule has 1 aliphatic heterocycles. The van der Waals surface area contributed by atoms with E-state index in [0.29, 0.717) is 31.9 Å². The van der Waals surface area contributed by atoms with E-state index >= 15 is 0 Å². The quantitative estimate of drug-likeness (QED) is 0.266. The van der Waals surface area contributed by atoms with E-state index in [-0.39, 0.29) is 47.8 Å². The molecule has 0 radical (unpaired) electrons. The largest absolute Gasteiger partial charge is 0.356 e. The average molecular weight is 515 g/mol. The van der Waals surface area contributed by atoms with Crippen LogP contribution in [-0.4, -0.2) is 61.9 Å². The molecule has 162 valence electrons. The van der Waals surface area contributed by atoms with E-state index in [4.69, 9.17) is 0 Å². The summed E-state index contributed by atoms with van der Waals surface area (Å²) in [6, 6.07) is 10.4. The van der Waals surface area contributed by atoms with E-state index in [0.717, 1.165) is 19.5 Å². The molecule has 29 heavy (non-hydrogen) atoms. The van der Waals surface area contributed by atoms with Gasteiger partial charge in [0.2, 0.25) is 11.8 Å². The zero-order valence-electron chi connectivity index (χ0n) is 17.6. The van der Waals surface area contributed by atoms with Crippen LogP contribution in [0.4, 0.5) is 0 Å². The van der Waals surface area contributed by atoms with Gasteiger partial charge in [0.05, 0.1) is 0 Å². The number of likely N-dealkylation sites (tertiary alicyclic amines) is 1. The second-order valence-corrected chi connectivity index (χ2v) is 7.50. The van der Waals surface area contributed by atoms with Crippen LogP contribution >= 0.6 is 24.0 Å². The first-order valence-corrected chi connectivity index (χ1v) is 10.0. The second-order valence-electron chi connectivity index (χ2n) is 7.50. The molecule has 0 spiro atoms. The molecule has 0 saturated carbocycles. The van der Waals surface area contributed by atoms with E-state index < -0.39 is 0 Å². The van der Waals surface area contributed by atoms with Gasteiger partial charge in [-0.1, -0.05) is 30.3 Å². The van der Waals surface area contributed by atoms with Crippen LogP contribution in [0, 0.1) is 5.92 Å². The molecule has 2 rings (SSSR count). The molecule has 1 aliphatic rings. The van der Waals surface area contributed by atoms with Gasteiger partial charge >= 0.3 is 0 Å². The summed E-state index contributed by atoms with van der Waals surface area (Å²) in [6.45, 7) is 6.62. The molecule has 1 aromatic carbocycles. The van der Waals surface area contributed by atoms with Crippen molar-refractivity contribution in [1.82, 2.24) is 20.9 Å². The number of nitrogens with one attached hydrogen (secondary N) is 3. The highest BCUT2D eigenvalue weighted by atomic mass is 127. The van der Waals surface area contributed by atoms with Crippen LogP contribution in [0.5, 0.6) is 0 Å². The molecule has 2 amide bonds. The second kappa shape index (κ2) is 13.4. The summed E-state index contributed by atoms with van der Waals surface area (Å²) in [5.74, 6) is 1.17. The van der Waals surface area contributed by atoms with E-state index in [1.807, 2.05) is 36.9 Å². The monoisotopic (exact) mass is 515 g/mol. The van der Waals surface area contributed by atoms with Crippen LogP contribution in [0.25, 0.3) is 0 Å². The Labute approximate surface area is 191 Å². The maximum Gasteiger partial charge on any atom is 0.223 e. The summed E-state index contributed by atoms with van der Waals surface area (Å²) < 4.78 is 0. The summed E-state index contributed by atoms with van der Waals surface area (Å²) in [5, 5.41) is 9.28. The lowest BCUT2D eigenvalue weighted by Gasteiger charge is -2.18. The van der Waals surface area contributed by atoms with Crippen LogP contribution in [0.3, 0.4) is 0 Å². The summed E-state index contributed by atoms with van der Waals surface area (Å²) in [6.07, 6.45) is 1.85. The normalized spacial score (nSPS) is 16.6. The third-order valence-corrected chi connectivity index (χ3v) is 4.68. The molecule has 0 aliphatic carbocycles. The van der Waals surface area contributed by atoms with E-state index in [1.165, 1.54) is 5.56 Å². The topological polar surface area (TPSA) is 85.8 Å². The van der Waals surface area contributed by atoms with E-state index in [1.54, 1.807) is 7.05 Å². The fourth-order valence-electron chi connectivity index (χ4n) is 3.27. The van der Waals surface area contributed by atoms with Crippen LogP contribution in [0.15, 0.2) is 35.3 Å². The fourth-order valence-corrected chi connectivity index (χ4v) is 3.27. The Balaban J connectivity index is 0.00000420. The predicted octanol–water partition coefficient (Wildman–Crippen LogP) is 1.78. The summed E-state index contributed by atoms with van der Waals surface area (Å²) >= 11 is 0. The number of aliphatic imine (C=N–C) groups is 1. The van der Waals surface area contributed by atoms with Crippen molar-refractivity contribution in [2.24, 2.45) is 10.9 Å². The van der Waals surface area contributed by atoms with Gasteiger partial charge in [0, 0.05) is 58.0 Å². The lowest BCUT2D eigenvalue weighted by atomic mass is 10.1. The van der Waals surface area contributed by atoms with Crippen molar-refractivity contribution in [2.45, 2.75) is 39.2 Å². The maximum atomic E-state index is 12.3. The summed E-state index contributed by atoms with van der Waals surface area (Å²) in [5.41, 5.74) is 1.25. The molecular weight excluding hydrogens is 481 g/mol. The SMILES string of the molecule is CN=C(NCCC(=O)NC(C)C)NCC1CC(=O)N(CCc2ccccc2)C1.I. The molecule has 0 bridgehead atoms. The minimum atomic E-state index is 0. The highest BCUT2D eigenvalue weighted by Gasteiger charge is 2.29. The number of benzene rings is 1. The number of hydrogen-bond acceptors (Lipinski definition) is 3. The molecule has 1 fully saturated rings. The molecule has 1 unspecified atom stereocenters. The molecular formula is C21H34IN5O2. The fraction of sp³-hybridized carbons (Fsp3) is 0.571. The Hall–Kier alpha value is -1.84. The maximum absolute atomic E-state index is 12.3. The first-order valence-electron chi connectivity index (χ1n) is 10.0. The number of rotatable bonds is 9. The highest BCUT2D eigenvalue weighted by Crippen LogP contribution is 2.17. The van der Waals surface area contributed by atoms with E-state index in [2.05, 4.69) is 33.1 Å².